The number of esters is 1. The Labute approximate surface area is 156 Å². The molecular formula is C18H21N3O4S. The van der Waals surface area contributed by atoms with Crippen molar-refractivity contribution in [2.24, 2.45) is 5.92 Å². The molecule has 2 N–H and O–H groups in total. The molecule has 0 bridgehead atoms. The summed E-state index contributed by atoms with van der Waals surface area (Å²) >= 11 is 1.53. The van der Waals surface area contributed by atoms with Crippen LogP contribution in [0.3, 0.4) is 0 Å². The number of nitrogens with zero attached hydrogens (tertiary/aromatic N) is 1. The number of thioether (sulfide) groups is 1. The van der Waals surface area contributed by atoms with Gasteiger partial charge in [0.15, 0.2) is 6.61 Å². The third kappa shape index (κ3) is 4.76. The Morgan fingerprint density at radius 3 is 2.85 bits per heavy atom. The molecule has 1 aliphatic rings. The number of ether oxygens (including phenoxy) is 1. The highest BCUT2D eigenvalue weighted by Gasteiger charge is 2.30. The molecule has 26 heavy (non-hydrogen) atoms. The molecule has 1 aromatic carbocycles. The van der Waals surface area contributed by atoms with Crippen molar-refractivity contribution in [1.82, 2.24) is 5.32 Å². The van der Waals surface area contributed by atoms with Crippen LogP contribution in [0.15, 0.2) is 23.1 Å². The summed E-state index contributed by atoms with van der Waals surface area (Å²) in [6, 6.07) is 6.94. The third-order valence-electron chi connectivity index (χ3n) is 4.20. The van der Waals surface area contributed by atoms with Crippen LogP contribution in [0.25, 0.3) is 0 Å². The summed E-state index contributed by atoms with van der Waals surface area (Å²) in [6.45, 7) is 4.76. The van der Waals surface area contributed by atoms with Gasteiger partial charge in [-0.1, -0.05) is 13.8 Å². The van der Waals surface area contributed by atoms with E-state index in [4.69, 9.17) is 4.74 Å². The quantitative estimate of drug-likeness (QED) is 0.765. The Hall–Kier alpha value is -2.53. The van der Waals surface area contributed by atoms with E-state index in [0.717, 1.165) is 4.90 Å². The first-order chi connectivity index (χ1) is 12.2. The number of amides is 2. The second-order valence-corrected chi connectivity index (χ2v) is 7.59. The van der Waals surface area contributed by atoms with Gasteiger partial charge in [-0.05, 0) is 31.0 Å². The summed E-state index contributed by atoms with van der Waals surface area (Å²) in [7, 11) is 0. The number of fused-ring (bicyclic) bond motifs is 1. The number of benzene rings is 1. The fourth-order valence-electron chi connectivity index (χ4n) is 2.19. The summed E-state index contributed by atoms with van der Waals surface area (Å²) in [5, 5.41) is 14.5. The SMILES string of the molecule is CC(C)[C@@](C)(C#N)NC(=O)COC(=O)c1ccc2c(c1)NC(=O)CCS2. The van der Waals surface area contributed by atoms with Gasteiger partial charge in [0, 0.05) is 17.1 Å². The first-order valence-corrected chi connectivity index (χ1v) is 9.20. The van der Waals surface area contributed by atoms with Gasteiger partial charge in [-0.2, -0.15) is 5.26 Å². The van der Waals surface area contributed by atoms with E-state index >= 15 is 0 Å². The monoisotopic (exact) mass is 375 g/mol. The first-order valence-electron chi connectivity index (χ1n) is 8.21. The number of rotatable bonds is 5. The highest BCUT2D eigenvalue weighted by molar-refractivity contribution is 7.99. The van der Waals surface area contributed by atoms with E-state index in [-0.39, 0.29) is 17.4 Å². The molecule has 1 aliphatic heterocycles. The summed E-state index contributed by atoms with van der Waals surface area (Å²) in [4.78, 5) is 36.7. The van der Waals surface area contributed by atoms with E-state index in [1.54, 1.807) is 25.1 Å². The molecule has 0 fully saturated rings. The third-order valence-corrected chi connectivity index (χ3v) is 5.27. The van der Waals surface area contributed by atoms with Crippen molar-refractivity contribution in [3.8, 4) is 6.07 Å². The van der Waals surface area contributed by atoms with Crippen molar-refractivity contribution < 1.29 is 19.1 Å². The number of nitriles is 1. The minimum absolute atomic E-state index is 0.0992. The van der Waals surface area contributed by atoms with Gasteiger partial charge in [-0.15, -0.1) is 11.8 Å². The maximum atomic E-state index is 12.2. The Kier molecular flexibility index (Phi) is 6.27. The lowest BCUT2D eigenvalue weighted by Crippen LogP contribution is -2.50. The molecule has 7 nitrogen and oxygen atoms in total. The smallest absolute Gasteiger partial charge is 0.338 e. The Bertz CT molecular complexity index is 772. The molecule has 1 atom stereocenters. The number of carbonyl (C=O) groups excluding carboxylic acids is 3. The lowest BCUT2D eigenvalue weighted by molar-refractivity contribution is -0.125. The van der Waals surface area contributed by atoms with Gasteiger partial charge in [0.25, 0.3) is 5.91 Å². The summed E-state index contributed by atoms with van der Waals surface area (Å²) < 4.78 is 5.03. The molecule has 2 rings (SSSR count). The van der Waals surface area contributed by atoms with Gasteiger partial charge in [-0.3, -0.25) is 9.59 Å². The Morgan fingerprint density at radius 1 is 1.46 bits per heavy atom. The molecular weight excluding hydrogens is 354 g/mol. The van der Waals surface area contributed by atoms with Crippen LogP contribution in [0.2, 0.25) is 0 Å². The van der Waals surface area contributed by atoms with Gasteiger partial charge >= 0.3 is 5.97 Å². The standard InChI is InChI=1S/C18H21N3O4S/c1-11(2)18(3,10-19)21-16(23)9-25-17(24)12-4-5-14-13(8-12)20-15(22)6-7-26-14/h4-5,8,11H,6-7,9H2,1-3H3,(H,20,22)(H,21,23)/t18-/m1/s1. The Balaban J connectivity index is 1.99. The number of hydrogen-bond donors (Lipinski definition) is 2. The molecule has 2 amide bonds. The summed E-state index contributed by atoms with van der Waals surface area (Å²) in [5.41, 5.74) is -0.228. The lowest BCUT2D eigenvalue weighted by atomic mass is 9.90. The topological polar surface area (TPSA) is 108 Å². The predicted octanol–water partition coefficient (Wildman–Crippen LogP) is 2.33. The van der Waals surface area contributed by atoms with Crippen molar-refractivity contribution >= 4 is 35.2 Å². The second kappa shape index (κ2) is 8.23. The molecule has 8 heteroatoms. The molecule has 0 spiro atoms. The number of nitrogens with one attached hydrogen (secondary N) is 2. The molecule has 0 saturated heterocycles. The van der Waals surface area contributed by atoms with E-state index < -0.39 is 24.0 Å². The maximum absolute atomic E-state index is 12.2. The molecule has 1 heterocycles. The minimum Gasteiger partial charge on any atom is -0.452 e. The molecule has 138 valence electrons. The fraction of sp³-hybridized carbons (Fsp3) is 0.444. The molecule has 0 saturated carbocycles. The van der Waals surface area contributed by atoms with E-state index in [1.807, 2.05) is 13.8 Å². The van der Waals surface area contributed by atoms with Crippen LogP contribution in [0.1, 0.15) is 37.6 Å². The minimum atomic E-state index is -1.03. The van der Waals surface area contributed by atoms with E-state index in [1.165, 1.54) is 11.8 Å². The van der Waals surface area contributed by atoms with E-state index in [0.29, 0.717) is 17.9 Å². The number of carbonyl (C=O) groups is 3. The van der Waals surface area contributed by atoms with Crippen molar-refractivity contribution in [2.45, 2.75) is 37.6 Å². The zero-order valence-corrected chi connectivity index (χ0v) is 15.7. The van der Waals surface area contributed by atoms with Crippen LogP contribution in [0, 0.1) is 17.2 Å². The normalized spacial score (nSPS) is 15.7. The molecule has 0 aromatic heterocycles. The molecule has 0 aliphatic carbocycles. The molecule has 1 aromatic rings. The Morgan fingerprint density at radius 2 is 2.19 bits per heavy atom. The predicted molar refractivity (Wildman–Crippen MR) is 97.7 cm³/mol. The van der Waals surface area contributed by atoms with Crippen LogP contribution in [-0.2, 0) is 14.3 Å². The number of anilines is 1. The maximum Gasteiger partial charge on any atom is 0.338 e. The van der Waals surface area contributed by atoms with Gasteiger partial charge in [0.1, 0.15) is 5.54 Å². The van der Waals surface area contributed by atoms with Crippen LogP contribution in [0.5, 0.6) is 0 Å². The zero-order chi connectivity index (χ0) is 19.3. The van der Waals surface area contributed by atoms with Gasteiger partial charge in [-0.25, -0.2) is 4.79 Å². The van der Waals surface area contributed by atoms with Gasteiger partial charge < -0.3 is 15.4 Å². The van der Waals surface area contributed by atoms with Gasteiger partial charge in [0.05, 0.1) is 17.3 Å². The van der Waals surface area contributed by atoms with Crippen LogP contribution >= 0.6 is 11.8 Å². The highest BCUT2D eigenvalue weighted by Crippen LogP contribution is 2.31. The van der Waals surface area contributed by atoms with Crippen molar-refractivity contribution in [3.05, 3.63) is 23.8 Å². The highest BCUT2D eigenvalue weighted by atomic mass is 32.2. The van der Waals surface area contributed by atoms with E-state index in [9.17, 15) is 19.6 Å². The molecule has 0 unspecified atom stereocenters. The second-order valence-electron chi connectivity index (χ2n) is 6.45. The number of hydrogen-bond acceptors (Lipinski definition) is 6. The zero-order valence-electron chi connectivity index (χ0n) is 14.9. The van der Waals surface area contributed by atoms with Crippen LogP contribution in [0.4, 0.5) is 5.69 Å². The summed E-state index contributed by atoms with van der Waals surface area (Å²) in [6.07, 6.45) is 0.410. The van der Waals surface area contributed by atoms with Gasteiger partial charge in [0.2, 0.25) is 5.91 Å². The summed E-state index contributed by atoms with van der Waals surface area (Å²) in [5.74, 6) is -0.746. The van der Waals surface area contributed by atoms with Crippen LogP contribution < -0.4 is 10.6 Å². The van der Waals surface area contributed by atoms with Crippen molar-refractivity contribution in [1.29, 1.82) is 5.26 Å². The lowest BCUT2D eigenvalue weighted by Gasteiger charge is -2.27. The first kappa shape index (κ1) is 19.8. The van der Waals surface area contributed by atoms with Crippen LogP contribution in [-0.4, -0.2) is 35.7 Å². The van der Waals surface area contributed by atoms with Crippen molar-refractivity contribution in [2.75, 3.05) is 17.7 Å². The average Bonchev–Trinajstić information content (AvgIpc) is 2.79. The largest absolute Gasteiger partial charge is 0.452 e. The molecule has 0 radical (unpaired) electrons. The van der Waals surface area contributed by atoms with Crippen molar-refractivity contribution in [3.63, 3.8) is 0 Å². The average molecular weight is 375 g/mol. The fourth-order valence-corrected chi connectivity index (χ4v) is 3.13. The van der Waals surface area contributed by atoms with E-state index in [2.05, 4.69) is 16.7 Å².